The number of carbonyl (C=O) groups is 4. The summed E-state index contributed by atoms with van der Waals surface area (Å²) < 4.78 is 0. The summed E-state index contributed by atoms with van der Waals surface area (Å²) in [4.78, 5) is 41.8. The fourth-order valence-corrected chi connectivity index (χ4v) is 0.767. The van der Waals surface area contributed by atoms with Gasteiger partial charge in [-0.25, -0.2) is 0 Å². The van der Waals surface area contributed by atoms with Gasteiger partial charge in [0.2, 0.25) is 5.91 Å². The molecule has 0 heterocycles. The predicted octanol–water partition coefficient (Wildman–Crippen LogP) is -1.90. The number of nitrogens with two attached hydrogens (primary N) is 1. The normalized spacial score (nSPS) is 10.6. The summed E-state index contributed by atoms with van der Waals surface area (Å²) in [7, 11) is 0. The van der Waals surface area contributed by atoms with Crippen LogP contribution < -0.4 is 5.73 Å². The maximum Gasteiger partial charge on any atom is 0.331 e. The van der Waals surface area contributed by atoms with Gasteiger partial charge in [0.25, 0.3) is 5.41 Å². The first kappa shape index (κ1) is 11.9. The van der Waals surface area contributed by atoms with Crippen LogP contribution >= 0.6 is 0 Å². The highest BCUT2D eigenvalue weighted by atomic mass is 16.4. The van der Waals surface area contributed by atoms with Crippen molar-refractivity contribution in [1.82, 2.24) is 0 Å². The topological polar surface area (TPSA) is 155 Å². The third-order valence-corrected chi connectivity index (χ3v) is 1.57. The van der Waals surface area contributed by atoms with E-state index in [-0.39, 0.29) is 0 Å². The Morgan fingerprint density at radius 1 is 1.00 bits per heavy atom. The van der Waals surface area contributed by atoms with Crippen LogP contribution in [0.1, 0.15) is 6.42 Å². The van der Waals surface area contributed by atoms with Crippen LogP contribution in [0.25, 0.3) is 0 Å². The molecule has 0 radical (unpaired) electrons. The van der Waals surface area contributed by atoms with Crippen LogP contribution in [0, 0.1) is 5.41 Å². The Hall–Kier alpha value is -2.12. The standard InChI is InChI=1S/C6H7NO7/c7-3(10)6(4(11)12,5(13)14)1-2(8)9/h1H2,(H2,7,10)(H,8,9)(H,11,12)(H,13,14). The van der Waals surface area contributed by atoms with Crippen LogP contribution in [-0.2, 0) is 19.2 Å². The van der Waals surface area contributed by atoms with Gasteiger partial charge in [0.1, 0.15) is 0 Å². The van der Waals surface area contributed by atoms with E-state index >= 15 is 0 Å². The van der Waals surface area contributed by atoms with Gasteiger partial charge in [0, 0.05) is 0 Å². The van der Waals surface area contributed by atoms with E-state index in [0.717, 1.165) is 0 Å². The molecule has 0 aromatic heterocycles. The molecule has 0 spiro atoms. The van der Waals surface area contributed by atoms with Crippen LogP contribution in [0.4, 0.5) is 0 Å². The van der Waals surface area contributed by atoms with Gasteiger partial charge in [0.15, 0.2) is 0 Å². The molecular formula is C6H7NO7. The average molecular weight is 205 g/mol. The lowest BCUT2D eigenvalue weighted by atomic mass is 9.84. The van der Waals surface area contributed by atoms with Gasteiger partial charge in [-0.15, -0.1) is 0 Å². The highest BCUT2D eigenvalue weighted by Gasteiger charge is 2.54. The maximum atomic E-state index is 10.6. The minimum atomic E-state index is -3.11. The number of aliphatic carboxylic acids is 3. The van der Waals surface area contributed by atoms with Crippen LogP contribution in [0.5, 0.6) is 0 Å². The molecule has 0 aliphatic carbocycles. The van der Waals surface area contributed by atoms with E-state index in [4.69, 9.17) is 15.3 Å². The Morgan fingerprint density at radius 3 is 1.43 bits per heavy atom. The molecule has 0 unspecified atom stereocenters. The molecule has 5 N–H and O–H groups in total. The fraction of sp³-hybridized carbons (Fsp3) is 0.333. The number of rotatable bonds is 5. The van der Waals surface area contributed by atoms with Gasteiger partial charge < -0.3 is 21.1 Å². The summed E-state index contributed by atoms with van der Waals surface area (Å²) in [5, 5.41) is 25.2. The first-order valence-electron chi connectivity index (χ1n) is 3.23. The van der Waals surface area contributed by atoms with Gasteiger partial charge >= 0.3 is 17.9 Å². The lowest BCUT2D eigenvalue weighted by molar-refractivity contribution is -0.172. The van der Waals surface area contributed by atoms with E-state index in [0.29, 0.717) is 0 Å². The minimum absolute atomic E-state index is 1.40. The summed E-state index contributed by atoms with van der Waals surface area (Å²) in [6.07, 6.45) is -1.40. The minimum Gasteiger partial charge on any atom is -0.481 e. The van der Waals surface area contributed by atoms with Gasteiger partial charge in [-0.1, -0.05) is 0 Å². The Balaban J connectivity index is 5.38. The molecule has 0 atom stereocenters. The molecule has 78 valence electrons. The average Bonchev–Trinajstić information content (AvgIpc) is 1.97. The molecule has 0 aromatic rings. The van der Waals surface area contributed by atoms with Crippen molar-refractivity contribution in [3.8, 4) is 0 Å². The van der Waals surface area contributed by atoms with Crippen molar-refractivity contribution >= 4 is 23.8 Å². The van der Waals surface area contributed by atoms with E-state index in [2.05, 4.69) is 5.73 Å². The smallest absolute Gasteiger partial charge is 0.331 e. The Kier molecular flexibility index (Phi) is 3.16. The third kappa shape index (κ3) is 1.79. The van der Waals surface area contributed by atoms with Crippen molar-refractivity contribution in [1.29, 1.82) is 0 Å². The molecule has 8 heteroatoms. The molecule has 0 aromatic carbocycles. The molecule has 0 saturated carbocycles. The summed E-state index contributed by atoms with van der Waals surface area (Å²) in [6, 6.07) is 0. The summed E-state index contributed by atoms with van der Waals surface area (Å²) in [6.45, 7) is 0. The van der Waals surface area contributed by atoms with Crippen molar-refractivity contribution in [3.05, 3.63) is 0 Å². The molecule has 1 amide bonds. The lowest BCUT2D eigenvalue weighted by Gasteiger charge is -2.18. The van der Waals surface area contributed by atoms with E-state index < -0.39 is 35.7 Å². The van der Waals surface area contributed by atoms with E-state index in [1.165, 1.54) is 0 Å². The molecule has 0 bridgehead atoms. The number of hydrogen-bond donors (Lipinski definition) is 4. The summed E-state index contributed by atoms with van der Waals surface area (Å²) in [5.41, 5.74) is 1.45. The highest BCUT2D eigenvalue weighted by molar-refractivity contribution is 6.19. The van der Waals surface area contributed by atoms with E-state index in [1.54, 1.807) is 0 Å². The lowest BCUT2D eigenvalue weighted by Crippen LogP contribution is -2.51. The zero-order chi connectivity index (χ0) is 11.5. The van der Waals surface area contributed by atoms with Crippen LogP contribution in [0.15, 0.2) is 0 Å². The Morgan fingerprint density at radius 2 is 1.36 bits per heavy atom. The molecule has 8 nitrogen and oxygen atoms in total. The van der Waals surface area contributed by atoms with Crippen LogP contribution in [0.2, 0.25) is 0 Å². The molecule has 0 aliphatic heterocycles. The number of hydrogen-bond acceptors (Lipinski definition) is 4. The predicted molar refractivity (Wildman–Crippen MR) is 39.2 cm³/mol. The number of carboxylic acid groups (broad SMARTS) is 3. The second kappa shape index (κ2) is 3.73. The Labute approximate surface area is 76.9 Å². The quantitative estimate of drug-likeness (QED) is 0.382. The fourth-order valence-electron chi connectivity index (χ4n) is 0.767. The molecular weight excluding hydrogens is 198 g/mol. The van der Waals surface area contributed by atoms with Crippen molar-refractivity contribution < 1.29 is 34.5 Å². The Bertz CT molecular complexity index is 271. The van der Waals surface area contributed by atoms with Gasteiger partial charge in [-0.05, 0) is 0 Å². The number of amides is 1. The summed E-state index contributed by atoms with van der Waals surface area (Å²) in [5.74, 6) is -7.66. The number of primary amides is 1. The van der Waals surface area contributed by atoms with Crippen molar-refractivity contribution in [2.45, 2.75) is 6.42 Å². The number of carboxylic acids is 3. The first-order valence-corrected chi connectivity index (χ1v) is 3.23. The van der Waals surface area contributed by atoms with E-state index in [1.807, 2.05) is 0 Å². The SMILES string of the molecule is NC(=O)C(CC(=O)O)(C(=O)O)C(=O)O. The van der Waals surface area contributed by atoms with E-state index in [9.17, 15) is 19.2 Å². The maximum absolute atomic E-state index is 10.6. The molecule has 14 heavy (non-hydrogen) atoms. The second-order valence-electron chi connectivity index (χ2n) is 2.45. The van der Waals surface area contributed by atoms with Gasteiger partial charge in [-0.3, -0.25) is 19.2 Å². The molecule has 0 fully saturated rings. The monoisotopic (exact) mass is 205 g/mol. The second-order valence-corrected chi connectivity index (χ2v) is 2.45. The molecule has 0 rings (SSSR count). The van der Waals surface area contributed by atoms with Crippen LogP contribution in [0.3, 0.4) is 0 Å². The summed E-state index contributed by atoms with van der Waals surface area (Å²) >= 11 is 0. The van der Waals surface area contributed by atoms with Crippen molar-refractivity contribution in [2.75, 3.05) is 0 Å². The largest absolute Gasteiger partial charge is 0.481 e. The van der Waals surface area contributed by atoms with Crippen LogP contribution in [-0.4, -0.2) is 39.1 Å². The van der Waals surface area contributed by atoms with Crippen molar-refractivity contribution in [2.24, 2.45) is 11.1 Å². The first-order chi connectivity index (χ1) is 6.25. The molecule has 0 saturated heterocycles. The zero-order valence-electron chi connectivity index (χ0n) is 6.76. The highest BCUT2D eigenvalue weighted by Crippen LogP contribution is 2.22. The zero-order valence-corrected chi connectivity index (χ0v) is 6.76. The van der Waals surface area contributed by atoms with Gasteiger partial charge in [-0.2, -0.15) is 0 Å². The number of carbonyl (C=O) groups excluding carboxylic acids is 1. The third-order valence-electron chi connectivity index (χ3n) is 1.57. The van der Waals surface area contributed by atoms with Crippen molar-refractivity contribution in [3.63, 3.8) is 0 Å². The van der Waals surface area contributed by atoms with Gasteiger partial charge in [0.05, 0.1) is 6.42 Å². The molecule has 0 aliphatic rings.